The van der Waals surface area contributed by atoms with Gasteiger partial charge in [0.25, 0.3) is 6.71 Å². The molecule has 0 spiro atoms. The fraction of sp³-hybridized carbons (Fsp3) is 0.294. The lowest BCUT2D eigenvalue weighted by molar-refractivity contribution is 0.195. The van der Waals surface area contributed by atoms with Crippen LogP contribution in [0, 0.1) is 6.92 Å². The van der Waals surface area contributed by atoms with Gasteiger partial charge in [0.15, 0.2) is 0 Å². The highest BCUT2D eigenvalue weighted by atomic mass is 15.3. The third kappa shape index (κ3) is 6.29. The number of nitrogens with zero attached hydrogens (tertiary/aromatic N) is 3. The van der Waals surface area contributed by atoms with E-state index >= 15 is 0 Å². The molecule has 8 aromatic rings. The van der Waals surface area contributed by atoms with Crippen LogP contribution in [-0.2, 0) is 21.7 Å². The second kappa shape index (κ2) is 15.4. The Morgan fingerprint density at radius 3 is 1.82 bits per heavy atom. The summed E-state index contributed by atoms with van der Waals surface area (Å²) in [5.41, 5.74) is 27.3. The van der Waals surface area contributed by atoms with Crippen LogP contribution >= 0.6 is 0 Å². The second-order valence-electron chi connectivity index (χ2n) is 25.0. The summed E-state index contributed by atoms with van der Waals surface area (Å²) < 4.78 is 0. The van der Waals surface area contributed by atoms with Crippen molar-refractivity contribution >= 4 is 68.6 Å². The van der Waals surface area contributed by atoms with Crippen LogP contribution in [0.25, 0.3) is 22.3 Å². The van der Waals surface area contributed by atoms with E-state index in [1.165, 1.54) is 137 Å². The molecule has 3 nitrogen and oxygen atoms in total. The van der Waals surface area contributed by atoms with Gasteiger partial charge in [0.2, 0.25) is 0 Å². The zero-order valence-corrected chi connectivity index (χ0v) is 44.3. The van der Waals surface area contributed by atoms with Crippen molar-refractivity contribution in [1.29, 1.82) is 0 Å². The van der Waals surface area contributed by atoms with Crippen molar-refractivity contribution in [3.8, 4) is 22.3 Å². The topological polar surface area (TPSA) is 9.72 Å². The van der Waals surface area contributed by atoms with Crippen LogP contribution < -0.4 is 31.1 Å². The predicted molar refractivity (Wildman–Crippen MR) is 308 cm³/mol. The van der Waals surface area contributed by atoms with E-state index in [0.29, 0.717) is 0 Å². The quantitative estimate of drug-likeness (QED) is 0.163. The van der Waals surface area contributed by atoms with Crippen molar-refractivity contribution in [2.75, 3.05) is 14.7 Å². The van der Waals surface area contributed by atoms with Crippen LogP contribution in [0.5, 0.6) is 0 Å². The van der Waals surface area contributed by atoms with Gasteiger partial charge in [-0.3, -0.25) is 0 Å². The van der Waals surface area contributed by atoms with E-state index in [-0.39, 0.29) is 33.9 Å². The molecule has 0 amide bonds. The lowest BCUT2D eigenvalue weighted by atomic mass is 9.33. The Balaban J connectivity index is 1.11. The molecule has 72 heavy (non-hydrogen) atoms. The second-order valence-corrected chi connectivity index (χ2v) is 25.0. The van der Waals surface area contributed by atoms with Gasteiger partial charge < -0.3 is 14.7 Å². The first-order chi connectivity index (χ1) is 34.4. The summed E-state index contributed by atoms with van der Waals surface area (Å²) in [4.78, 5) is 8.06. The number of para-hydroxylation sites is 1. The van der Waals surface area contributed by atoms with Gasteiger partial charge in [0, 0.05) is 56.2 Å². The Hall–Kier alpha value is -6.78. The van der Waals surface area contributed by atoms with Crippen molar-refractivity contribution in [1.82, 2.24) is 0 Å². The molecule has 2 atom stereocenters. The number of rotatable bonds is 4. The van der Waals surface area contributed by atoms with Crippen molar-refractivity contribution in [3.63, 3.8) is 0 Å². The summed E-state index contributed by atoms with van der Waals surface area (Å²) in [5, 5.41) is 0. The summed E-state index contributed by atoms with van der Waals surface area (Å²) >= 11 is 0. The molecule has 2 aliphatic carbocycles. The molecular formula is C68H68BN3. The van der Waals surface area contributed by atoms with Gasteiger partial charge in [-0.05, 0) is 165 Å². The van der Waals surface area contributed by atoms with Crippen LogP contribution in [-0.4, -0.2) is 12.3 Å². The molecule has 1 fully saturated rings. The zero-order valence-electron chi connectivity index (χ0n) is 44.3. The highest BCUT2D eigenvalue weighted by Gasteiger charge is 2.58. The van der Waals surface area contributed by atoms with E-state index in [1.807, 2.05) is 0 Å². The van der Waals surface area contributed by atoms with Gasteiger partial charge in [0.05, 0.1) is 11.2 Å². The predicted octanol–water partition coefficient (Wildman–Crippen LogP) is 16.4. The number of hydrogen-bond donors (Lipinski definition) is 0. The normalized spacial score (nSPS) is 20.0. The Bertz CT molecular complexity index is 3550. The highest BCUT2D eigenvalue weighted by Crippen LogP contribution is 2.61. The van der Waals surface area contributed by atoms with Crippen molar-refractivity contribution in [3.05, 3.63) is 197 Å². The van der Waals surface area contributed by atoms with Gasteiger partial charge in [-0.1, -0.05) is 178 Å². The molecular weight excluding hydrogens is 870 g/mol. The fourth-order valence-corrected chi connectivity index (χ4v) is 14.2. The van der Waals surface area contributed by atoms with Crippen LogP contribution in [0.3, 0.4) is 0 Å². The van der Waals surface area contributed by atoms with E-state index in [4.69, 9.17) is 0 Å². The van der Waals surface area contributed by atoms with Crippen LogP contribution in [0.2, 0.25) is 0 Å². The molecule has 1 saturated carbocycles. The molecule has 2 unspecified atom stereocenters. The molecule has 358 valence electrons. The van der Waals surface area contributed by atoms with Crippen LogP contribution in [0.4, 0.5) is 45.5 Å². The smallest absolute Gasteiger partial charge is 0.252 e. The summed E-state index contributed by atoms with van der Waals surface area (Å²) in [6.45, 7) is 26.3. The third-order valence-electron chi connectivity index (χ3n) is 18.3. The van der Waals surface area contributed by atoms with E-state index < -0.39 is 0 Å². The number of anilines is 8. The molecule has 0 radical (unpaired) electrons. The van der Waals surface area contributed by atoms with E-state index in [0.717, 1.165) is 6.42 Å². The average Bonchev–Trinajstić information content (AvgIpc) is 3.72. The molecule has 8 aromatic carbocycles. The van der Waals surface area contributed by atoms with Crippen LogP contribution in [0.1, 0.15) is 128 Å². The highest BCUT2D eigenvalue weighted by molar-refractivity contribution is 7.00. The lowest BCUT2D eigenvalue weighted by Gasteiger charge is -2.50. The maximum atomic E-state index is 2.76. The zero-order chi connectivity index (χ0) is 49.9. The van der Waals surface area contributed by atoms with E-state index in [2.05, 4.69) is 255 Å². The van der Waals surface area contributed by atoms with Crippen molar-refractivity contribution in [2.45, 2.75) is 129 Å². The average molecular weight is 938 g/mol. The van der Waals surface area contributed by atoms with Gasteiger partial charge in [-0.25, -0.2) is 0 Å². The first-order valence-electron chi connectivity index (χ1n) is 26.8. The van der Waals surface area contributed by atoms with Gasteiger partial charge in [0.1, 0.15) is 0 Å². The standard InChI is InChI=1S/C68H68BN3/c1-43-37-61-63-62(38-43)71(57-33-27-45(64(2,3)4)39-51(57)44-21-13-12-14-22-44)60-42-48(72-58-26-18-17-25-53(58)67(10)35-19-20-36-68(67,72)11)30-32-55(60)69(63)56-40-46(65(5,6)7)28-34-59(56)70(61)47-29-31-50-49-23-15-16-24-52(49)66(8,9)54(50)41-47/h12-18,21-34,37-42H,19-20,35-36H2,1-11H3. The Kier molecular flexibility index (Phi) is 9.63. The number of hydrogen-bond acceptors (Lipinski definition) is 3. The molecule has 3 heterocycles. The van der Waals surface area contributed by atoms with Crippen LogP contribution in [0.15, 0.2) is 164 Å². The molecule has 0 aromatic heterocycles. The molecule has 13 rings (SSSR count). The monoisotopic (exact) mass is 938 g/mol. The largest absolute Gasteiger partial charge is 0.334 e. The molecule has 0 saturated heterocycles. The maximum Gasteiger partial charge on any atom is 0.252 e. The minimum absolute atomic E-state index is 0.00464. The van der Waals surface area contributed by atoms with E-state index in [1.54, 1.807) is 0 Å². The van der Waals surface area contributed by atoms with Gasteiger partial charge >= 0.3 is 0 Å². The summed E-state index contributed by atoms with van der Waals surface area (Å²) in [6.07, 6.45) is 4.86. The molecule has 3 aliphatic heterocycles. The SMILES string of the molecule is Cc1cc2c3c(c1)N(c1ccc(C(C)(C)C)cc1-c1ccccc1)c1cc(N4c5ccccc5C5(C)CCCCC45C)ccc1B3c1cc(C(C)(C)C)ccc1N2c1ccc2c(c1)C(C)(C)c1ccccc1-2. The van der Waals surface area contributed by atoms with E-state index in [9.17, 15) is 0 Å². The molecule has 0 bridgehead atoms. The molecule has 5 aliphatic rings. The lowest BCUT2D eigenvalue weighted by Crippen LogP contribution is -2.61. The van der Waals surface area contributed by atoms with Crippen molar-refractivity contribution in [2.24, 2.45) is 0 Å². The number of fused-ring (bicyclic) bond motifs is 10. The van der Waals surface area contributed by atoms with Gasteiger partial charge in [-0.15, -0.1) is 0 Å². The summed E-state index contributed by atoms with van der Waals surface area (Å²) in [7, 11) is 0. The Morgan fingerprint density at radius 2 is 1.07 bits per heavy atom. The molecule has 0 N–H and O–H groups in total. The maximum absolute atomic E-state index is 2.76. The Morgan fingerprint density at radius 1 is 0.444 bits per heavy atom. The fourth-order valence-electron chi connectivity index (χ4n) is 14.2. The third-order valence-corrected chi connectivity index (χ3v) is 18.3. The molecule has 4 heteroatoms. The first kappa shape index (κ1) is 45.1. The minimum atomic E-state index is -0.131. The number of benzene rings is 8. The van der Waals surface area contributed by atoms with Crippen molar-refractivity contribution < 1.29 is 0 Å². The minimum Gasteiger partial charge on any atom is -0.334 e. The Labute approximate surface area is 429 Å². The summed E-state index contributed by atoms with van der Waals surface area (Å²) in [6, 6.07) is 64.1. The first-order valence-corrected chi connectivity index (χ1v) is 26.8. The number of aryl methyl sites for hydroxylation is 1. The van der Waals surface area contributed by atoms with Gasteiger partial charge in [-0.2, -0.15) is 0 Å². The summed E-state index contributed by atoms with van der Waals surface area (Å²) in [5.74, 6) is 0.